The van der Waals surface area contributed by atoms with E-state index in [1.807, 2.05) is 44.5 Å². The summed E-state index contributed by atoms with van der Waals surface area (Å²) >= 11 is 0. The Balaban J connectivity index is 2.70. The first-order chi connectivity index (χ1) is 9.51. The summed E-state index contributed by atoms with van der Waals surface area (Å²) in [4.78, 5) is 15.0. The molecule has 3 heteroatoms. The van der Waals surface area contributed by atoms with Crippen LogP contribution in [0.5, 0.6) is 0 Å². The Bertz CT molecular complexity index is 542. The van der Waals surface area contributed by atoms with Gasteiger partial charge in [0.05, 0.1) is 0 Å². The summed E-state index contributed by atoms with van der Waals surface area (Å²) in [5, 5.41) is 2.77. The number of allylic oxidation sites excluding steroid dienone is 4. The summed E-state index contributed by atoms with van der Waals surface area (Å²) in [5.41, 5.74) is 4.55. The number of pyridine rings is 1. The Morgan fingerprint density at radius 3 is 2.70 bits per heavy atom. The molecule has 3 nitrogen and oxygen atoms in total. The van der Waals surface area contributed by atoms with Gasteiger partial charge in [0, 0.05) is 25.9 Å². The molecule has 0 aliphatic rings. The number of aromatic nitrogens is 1. The molecule has 1 aromatic rings. The van der Waals surface area contributed by atoms with Crippen molar-refractivity contribution in [3.8, 4) is 0 Å². The third-order valence-corrected chi connectivity index (χ3v) is 2.80. The van der Waals surface area contributed by atoms with Crippen molar-refractivity contribution >= 4 is 5.91 Å². The normalized spacial score (nSPS) is 12.2. The highest BCUT2D eigenvalue weighted by atomic mass is 16.1. The molecule has 0 aliphatic carbocycles. The molecule has 20 heavy (non-hydrogen) atoms. The first-order valence-electron chi connectivity index (χ1n) is 6.65. The van der Waals surface area contributed by atoms with Gasteiger partial charge in [0.1, 0.15) is 0 Å². The third kappa shape index (κ3) is 6.14. The van der Waals surface area contributed by atoms with Gasteiger partial charge in [-0.25, -0.2) is 0 Å². The van der Waals surface area contributed by atoms with Gasteiger partial charge in [0.15, 0.2) is 0 Å². The van der Waals surface area contributed by atoms with Crippen molar-refractivity contribution in [3.05, 3.63) is 65.5 Å². The lowest BCUT2D eigenvalue weighted by atomic mass is 10.0. The summed E-state index contributed by atoms with van der Waals surface area (Å²) in [6.07, 6.45) is 10.4. The Labute approximate surface area is 121 Å². The summed E-state index contributed by atoms with van der Waals surface area (Å²) in [6.45, 7) is 9.95. The second kappa shape index (κ2) is 8.10. The zero-order chi connectivity index (χ0) is 15.0. The summed E-state index contributed by atoms with van der Waals surface area (Å²) in [5.74, 6) is -0.0171. The maximum absolute atomic E-state index is 10.8. The van der Waals surface area contributed by atoms with Crippen LogP contribution < -0.4 is 5.32 Å². The molecule has 1 aromatic heterocycles. The first-order valence-corrected chi connectivity index (χ1v) is 6.65. The van der Waals surface area contributed by atoms with Crippen LogP contribution in [0.15, 0.2) is 54.4 Å². The molecule has 0 unspecified atom stereocenters. The van der Waals surface area contributed by atoms with E-state index in [1.54, 1.807) is 0 Å². The standard InChI is InChI=1S/C17H22N2O/c1-5-16(7-6-13(2)11-19-15(4)20)9-17-8-14(3)10-18-12-17/h5-8,10,12H,1,9,11H2,2-4H3,(H,19,20)/b13-6+,16-7+. The van der Waals surface area contributed by atoms with Crippen LogP contribution in [0, 0.1) is 6.92 Å². The summed E-state index contributed by atoms with van der Waals surface area (Å²) in [7, 11) is 0. The van der Waals surface area contributed by atoms with Crippen molar-refractivity contribution in [3.63, 3.8) is 0 Å². The maximum atomic E-state index is 10.8. The fraction of sp³-hybridized carbons (Fsp3) is 0.294. The van der Waals surface area contributed by atoms with E-state index in [4.69, 9.17) is 0 Å². The van der Waals surface area contributed by atoms with E-state index in [2.05, 4.69) is 22.9 Å². The molecule has 106 valence electrons. The van der Waals surface area contributed by atoms with E-state index in [0.717, 1.165) is 23.1 Å². The third-order valence-electron chi connectivity index (χ3n) is 2.80. The molecule has 1 N–H and O–H groups in total. The molecule has 0 atom stereocenters. The minimum atomic E-state index is -0.0171. The smallest absolute Gasteiger partial charge is 0.217 e. The molecule has 1 amide bonds. The maximum Gasteiger partial charge on any atom is 0.217 e. The van der Waals surface area contributed by atoms with Crippen LogP contribution in [0.1, 0.15) is 25.0 Å². The molecule has 0 saturated heterocycles. The number of hydrogen-bond acceptors (Lipinski definition) is 2. The lowest BCUT2D eigenvalue weighted by Gasteiger charge is -2.04. The molecule has 1 heterocycles. The SMILES string of the molecule is C=C/C(=C\C=C(/C)CNC(C)=O)Cc1cncc(C)c1. The molecule has 0 aromatic carbocycles. The Hall–Kier alpha value is -2.16. The van der Waals surface area contributed by atoms with Crippen LogP contribution in [0.2, 0.25) is 0 Å². The van der Waals surface area contributed by atoms with Gasteiger partial charge in [0.25, 0.3) is 0 Å². The van der Waals surface area contributed by atoms with Gasteiger partial charge in [-0.15, -0.1) is 0 Å². The second-order valence-electron chi connectivity index (χ2n) is 4.92. The van der Waals surface area contributed by atoms with Crippen LogP contribution in [0.3, 0.4) is 0 Å². The summed E-state index contributed by atoms with van der Waals surface area (Å²) in [6, 6.07) is 2.12. The fourth-order valence-electron chi connectivity index (χ4n) is 1.72. The van der Waals surface area contributed by atoms with Gasteiger partial charge < -0.3 is 5.32 Å². The highest BCUT2D eigenvalue weighted by Gasteiger charge is 1.97. The lowest BCUT2D eigenvalue weighted by Crippen LogP contribution is -2.21. The molecule has 0 aliphatic heterocycles. The van der Waals surface area contributed by atoms with E-state index >= 15 is 0 Å². The van der Waals surface area contributed by atoms with Crippen LogP contribution >= 0.6 is 0 Å². The highest BCUT2D eigenvalue weighted by molar-refractivity contribution is 5.73. The minimum Gasteiger partial charge on any atom is -0.353 e. The average molecular weight is 270 g/mol. The summed E-state index contributed by atoms with van der Waals surface area (Å²) < 4.78 is 0. The zero-order valence-electron chi connectivity index (χ0n) is 12.4. The van der Waals surface area contributed by atoms with Crippen LogP contribution in [-0.4, -0.2) is 17.4 Å². The molecule has 0 bridgehead atoms. The zero-order valence-corrected chi connectivity index (χ0v) is 12.4. The predicted molar refractivity (Wildman–Crippen MR) is 83.4 cm³/mol. The quantitative estimate of drug-likeness (QED) is 0.807. The van der Waals surface area contributed by atoms with Gasteiger partial charge in [-0.05, 0) is 37.0 Å². The Morgan fingerprint density at radius 2 is 2.10 bits per heavy atom. The van der Waals surface area contributed by atoms with Crippen molar-refractivity contribution in [1.82, 2.24) is 10.3 Å². The second-order valence-corrected chi connectivity index (χ2v) is 4.92. The molecule has 0 fully saturated rings. The van der Waals surface area contributed by atoms with Crippen molar-refractivity contribution < 1.29 is 4.79 Å². The number of rotatable bonds is 6. The molecular formula is C17H22N2O. The number of carbonyl (C=O) groups excluding carboxylic acids is 1. The molecule has 0 spiro atoms. The average Bonchev–Trinajstić information content (AvgIpc) is 2.41. The molecule has 0 saturated carbocycles. The first kappa shape index (κ1) is 15.9. The highest BCUT2D eigenvalue weighted by Crippen LogP contribution is 2.10. The van der Waals surface area contributed by atoms with E-state index in [9.17, 15) is 4.79 Å². The van der Waals surface area contributed by atoms with E-state index in [0.29, 0.717) is 6.54 Å². The molecule has 1 rings (SSSR count). The van der Waals surface area contributed by atoms with Crippen molar-refractivity contribution in [2.45, 2.75) is 27.2 Å². The number of aryl methyl sites for hydroxylation is 1. The van der Waals surface area contributed by atoms with E-state index < -0.39 is 0 Å². The fourth-order valence-corrected chi connectivity index (χ4v) is 1.72. The van der Waals surface area contributed by atoms with Gasteiger partial charge >= 0.3 is 0 Å². The van der Waals surface area contributed by atoms with Gasteiger partial charge in [-0.1, -0.05) is 36.4 Å². The topological polar surface area (TPSA) is 42.0 Å². The molecule has 0 radical (unpaired) electrons. The molecular weight excluding hydrogens is 248 g/mol. The lowest BCUT2D eigenvalue weighted by molar-refractivity contribution is -0.118. The monoisotopic (exact) mass is 270 g/mol. The number of carbonyl (C=O) groups is 1. The van der Waals surface area contributed by atoms with Gasteiger partial charge in [0.2, 0.25) is 5.91 Å². The van der Waals surface area contributed by atoms with E-state index in [-0.39, 0.29) is 5.91 Å². The van der Waals surface area contributed by atoms with Crippen molar-refractivity contribution in [2.24, 2.45) is 0 Å². The van der Waals surface area contributed by atoms with Crippen LogP contribution in [-0.2, 0) is 11.2 Å². The van der Waals surface area contributed by atoms with E-state index in [1.165, 1.54) is 12.5 Å². The predicted octanol–water partition coefficient (Wildman–Crippen LogP) is 3.13. The van der Waals surface area contributed by atoms with Crippen LogP contribution in [0.25, 0.3) is 0 Å². The van der Waals surface area contributed by atoms with Crippen molar-refractivity contribution in [1.29, 1.82) is 0 Å². The van der Waals surface area contributed by atoms with Gasteiger partial charge in [-0.3, -0.25) is 9.78 Å². The number of hydrogen-bond donors (Lipinski definition) is 1. The van der Waals surface area contributed by atoms with Crippen LogP contribution in [0.4, 0.5) is 0 Å². The number of nitrogens with zero attached hydrogens (tertiary/aromatic N) is 1. The Kier molecular flexibility index (Phi) is 6.44. The Morgan fingerprint density at radius 1 is 1.35 bits per heavy atom. The van der Waals surface area contributed by atoms with Gasteiger partial charge in [-0.2, -0.15) is 0 Å². The van der Waals surface area contributed by atoms with Crippen molar-refractivity contribution in [2.75, 3.05) is 6.54 Å². The largest absolute Gasteiger partial charge is 0.353 e. The minimum absolute atomic E-state index is 0.0171. The number of amides is 1. The number of nitrogens with one attached hydrogen (secondary N) is 1.